The molecule has 6 heteroatoms. The SMILES string of the molecule is Cc1ccc(Cn2cc(NC(=O)c3ccc(COc4ccc5ccccc5c4)o3)cn2)cc1. The third-order valence-electron chi connectivity index (χ3n) is 5.34. The summed E-state index contributed by atoms with van der Waals surface area (Å²) < 4.78 is 13.3. The molecule has 1 N–H and O–H groups in total. The molecule has 164 valence electrons. The number of benzene rings is 3. The van der Waals surface area contributed by atoms with Gasteiger partial charge in [0.2, 0.25) is 0 Å². The van der Waals surface area contributed by atoms with Gasteiger partial charge in [0.25, 0.3) is 5.91 Å². The van der Waals surface area contributed by atoms with Gasteiger partial charge >= 0.3 is 0 Å². The van der Waals surface area contributed by atoms with Crippen LogP contribution in [-0.2, 0) is 13.2 Å². The minimum Gasteiger partial charge on any atom is -0.486 e. The van der Waals surface area contributed by atoms with E-state index in [1.54, 1.807) is 29.2 Å². The molecule has 0 aliphatic heterocycles. The lowest BCUT2D eigenvalue weighted by Gasteiger charge is -2.06. The van der Waals surface area contributed by atoms with Crippen LogP contribution in [0.4, 0.5) is 5.69 Å². The summed E-state index contributed by atoms with van der Waals surface area (Å²) in [4.78, 5) is 12.6. The zero-order chi connectivity index (χ0) is 22.6. The molecule has 0 bridgehead atoms. The van der Waals surface area contributed by atoms with Crippen LogP contribution in [0.5, 0.6) is 5.75 Å². The Hall–Kier alpha value is -4.32. The molecule has 5 aromatic rings. The first-order valence-electron chi connectivity index (χ1n) is 10.7. The van der Waals surface area contributed by atoms with Crippen molar-refractivity contribution < 1.29 is 13.9 Å². The number of aromatic nitrogens is 2. The van der Waals surface area contributed by atoms with Gasteiger partial charge in [-0.25, -0.2) is 0 Å². The highest BCUT2D eigenvalue weighted by Crippen LogP contribution is 2.22. The largest absolute Gasteiger partial charge is 0.486 e. The maximum absolute atomic E-state index is 12.6. The zero-order valence-electron chi connectivity index (χ0n) is 18.2. The van der Waals surface area contributed by atoms with Crippen LogP contribution in [0.15, 0.2) is 95.7 Å². The molecule has 0 aliphatic carbocycles. The molecule has 0 atom stereocenters. The van der Waals surface area contributed by atoms with Crippen molar-refractivity contribution >= 4 is 22.4 Å². The summed E-state index contributed by atoms with van der Waals surface area (Å²) in [5, 5.41) is 9.41. The monoisotopic (exact) mass is 437 g/mol. The van der Waals surface area contributed by atoms with Crippen LogP contribution in [0.2, 0.25) is 0 Å². The average molecular weight is 437 g/mol. The highest BCUT2D eigenvalue weighted by Gasteiger charge is 2.13. The van der Waals surface area contributed by atoms with Crippen LogP contribution in [0.3, 0.4) is 0 Å². The fourth-order valence-corrected chi connectivity index (χ4v) is 3.58. The third-order valence-corrected chi connectivity index (χ3v) is 5.34. The summed E-state index contributed by atoms with van der Waals surface area (Å²) in [5.74, 6) is 1.21. The Morgan fingerprint density at radius 1 is 1.00 bits per heavy atom. The summed E-state index contributed by atoms with van der Waals surface area (Å²) in [6, 6.07) is 25.7. The number of fused-ring (bicyclic) bond motifs is 1. The van der Waals surface area contributed by atoms with Crippen molar-refractivity contribution in [2.75, 3.05) is 5.32 Å². The van der Waals surface area contributed by atoms with Crippen LogP contribution in [0.25, 0.3) is 10.8 Å². The van der Waals surface area contributed by atoms with Crippen LogP contribution in [0.1, 0.15) is 27.4 Å². The minimum atomic E-state index is -0.332. The quantitative estimate of drug-likeness (QED) is 0.348. The number of carbonyl (C=O) groups excluding carboxylic acids is 1. The molecule has 0 unspecified atom stereocenters. The Labute approximate surface area is 191 Å². The second-order valence-corrected chi connectivity index (χ2v) is 7.93. The van der Waals surface area contributed by atoms with Gasteiger partial charge in [-0.1, -0.05) is 60.2 Å². The molecule has 0 fully saturated rings. The Bertz CT molecular complexity index is 1400. The highest BCUT2D eigenvalue weighted by molar-refractivity contribution is 6.02. The maximum Gasteiger partial charge on any atom is 0.291 e. The lowest BCUT2D eigenvalue weighted by atomic mass is 10.1. The van der Waals surface area contributed by atoms with Crippen molar-refractivity contribution in [3.63, 3.8) is 0 Å². The van der Waals surface area contributed by atoms with E-state index >= 15 is 0 Å². The molecule has 3 aromatic carbocycles. The number of aryl methyl sites for hydroxylation is 1. The Morgan fingerprint density at radius 3 is 2.67 bits per heavy atom. The fourth-order valence-electron chi connectivity index (χ4n) is 3.58. The van der Waals surface area contributed by atoms with E-state index in [-0.39, 0.29) is 18.3 Å². The van der Waals surface area contributed by atoms with Gasteiger partial charge in [0, 0.05) is 6.20 Å². The molecule has 0 aliphatic rings. The number of nitrogens with one attached hydrogen (secondary N) is 1. The number of hydrogen-bond donors (Lipinski definition) is 1. The molecule has 5 rings (SSSR count). The van der Waals surface area contributed by atoms with Crippen LogP contribution in [-0.4, -0.2) is 15.7 Å². The predicted octanol–water partition coefficient (Wildman–Crippen LogP) is 5.82. The van der Waals surface area contributed by atoms with E-state index in [0.29, 0.717) is 18.0 Å². The maximum atomic E-state index is 12.6. The number of carbonyl (C=O) groups is 1. The Morgan fingerprint density at radius 2 is 1.82 bits per heavy atom. The second kappa shape index (κ2) is 9.04. The Kier molecular flexibility index (Phi) is 5.64. The number of nitrogens with zero attached hydrogens (tertiary/aromatic N) is 2. The Balaban J connectivity index is 1.18. The molecular formula is C27H23N3O3. The normalized spacial score (nSPS) is 10.9. The van der Waals surface area contributed by atoms with Crippen molar-refractivity contribution in [2.24, 2.45) is 0 Å². The second-order valence-electron chi connectivity index (χ2n) is 7.93. The van der Waals surface area contributed by atoms with E-state index in [1.165, 1.54) is 5.56 Å². The van der Waals surface area contributed by atoms with Gasteiger partial charge in [0.05, 0.1) is 18.4 Å². The van der Waals surface area contributed by atoms with Crippen molar-refractivity contribution in [2.45, 2.75) is 20.1 Å². The van der Waals surface area contributed by atoms with Gasteiger partial charge in [-0.05, 0) is 47.5 Å². The number of hydrogen-bond acceptors (Lipinski definition) is 4. The summed E-state index contributed by atoms with van der Waals surface area (Å²) in [7, 11) is 0. The first-order chi connectivity index (χ1) is 16.1. The predicted molar refractivity (Wildman–Crippen MR) is 127 cm³/mol. The molecule has 0 radical (unpaired) electrons. The van der Waals surface area contributed by atoms with E-state index in [0.717, 1.165) is 22.1 Å². The van der Waals surface area contributed by atoms with E-state index < -0.39 is 0 Å². The van der Waals surface area contributed by atoms with Gasteiger partial charge < -0.3 is 14.5 Å². The summed E-state index contributed by atoms with van der Waals surface area (Å²) >= 11 is 0. The molecular weight excluding hydrogens is 414 g/mol. The van der Waals surface area contributed by atoms with Crippen molar-refractivity contribution in [1.29, 1.82) is 0 Å². The van der Waals surface area contributed by atoms with Crippen molar-refractivity contribution in [3.05, 3.63) is 114 Å². The smallest absolute Gasteiger partial charge is 0.291 e. The molecule has 1 amide bonds. The number of furan rings is 1. The zero-order valence-corrected chi connectivity index (χ0v) is 18.2. The first kappa shape index (κ1) is 20.6. The molecule has 0 spiro atoms. The van der Waals surface area contributed by atoms with Gasteiger partial charge in [-0.3, -0.25) is 9.48 Å². The van der Waals surface area contributed by atoms with Crippen LogP contribution < -0.4 is 10.1 Å². The first-order valence-corrected chi connectivity index (χ1v) is 10.7. The van der Waals surface area contributed by atoms with Gasteiger partial charge in [0.15, 0.2) is 5.76 Å². The number of ether oxygens (including phenoxy) is 1. The molecule has 0 saturated carbocycles. The summed E-state index contributed by atoms with van der Waals surface area (Å²) in [6.07, 6.45) is 3.42. The van der Waals surface area contributed by atoms with Gasteiger partial charge in [-0.2, -0.15) is 5.10 Å². The lowest BCUT2D eigenvalue weighted by Crippen LogP contribution is -2.10. The van der Waals surface area contributed by atoms with Gasteiger partial charge in [-0.15, -0.1) is 0 Å². The van der Waals surface area contributed by atoms with E-state index in [1.807, 2.05) is 36.4 Å². The van der Waals surface area contributed by atoms with E-state index in [2.05, 4.69) is 47.7 Å². The summed E-state index contributed by atoms with van der Waals surface area (Å²) in [6.45, 7) is 2.92. The van der Waals surface area contributed by atoms with E-state index in [9.17, 15) is 4.79 Å². The van der Waals surface area contributed by atoms with Gasteiger partial charge in [0.1, 0.15) is 18.1 Å². The standard InChI is InChI=1S/C27H23N3O3/c1-19-6-8-20(9-7-19)16-30-17-23(15-28-30)29-27(31)26-13-12-25(33-26)18-32-24-11-10-21-4-2-3-5-22(21)14-24/h2-15,17H,16,18H2,1H3,(H,29,31). The number of rotatable bonds is 7. The fraction of sp³-hybridized carbons (Fsp3) is 0.111. The highest BCUT2D eigenvalue weighted by atomic mass is 16.5. The minimum absolute atomic E-state index is 0.221. The molecule has 0 saturated heterocycles. The summed E-state index contributed by atoms with van der Waals surface area (Å²) in [5.41, 5.74) is 2.97. The topological polar surface area (TPSA) is 69.3 Å². The van der Waals surface area contributed by atoms with Crippen LogP contribution in [0, 0.1) is 6.92 Å². The third kappa shape index (κ3) is 4.96. The molecule has 2 aromatic heterocycles. The molecule has 6 nitrogen and oxygen atoms in total. The average Bonchev–Trinajstić information content (AvgIpc) is 3.49. The number of anilines is 1. The lowest BCUT2D eigenvalue weighted by molar-refractivity contribution is 0.0992. The molecule has 33 heavy (non-hydrogen) atoms. The van der Waals surface area contributed by atoms with Crippen LogP contribution >= 0.6 is 0 Å². The van der Waals surface area contributed by atoms with E-state index in [4.69, 9.17) is 9.15 Å². The molecule has 2 heterocycles. The number of amides is 1. The van der Waals surface area contributed by atoms with Crippen molar-refractivity contribution in [3.8, 4) is 5.75 Å². The van der Waals surface area contributed by atoms with Crippen molar-refractivity contribution in [1.82, 2.24) is 9.78 Å².